The topological polar surface area (TPSA) is 165 Å². The Morgan fingerprint density at radius 2 is 1.12 bits per heavy atom. The van der Waals surface area contributed by atoms with Crippen molar-refractivity contribution in [2.75, 3.05) is 55.6 Å². The predicted molar refractivity (Wildman–Crippen MR) is 171 cm³/mol. The second kappa shape index (κ2) is 21.2. The van der Waals surface area contributed by atoms with Crippen LogP contribution in [0, 0.1) is 0 Å². The molecule has 0 aromatic heterocycles. The van der Waals surface area contributed by atoms with E-state index < -0.39 is 29.8 Å². The molecule has 0 amide bonds. The lowest BCUT2D eigenvalue weighted by Crippen LogP contribution is -2.16. The molecule has 0 heterocycles. The van der Waals surface area contributed by atoms with E-state index in [1.807, 2.05) is 32.3 Å². The van der Waals surface area contributed by atoms with E-state index in [0.717, 1.165) is 29.8 Å². The molecule has 15 heteroatoms. The van der Waals surface area contributed by atoms with E-state index in [1.165, 1.54) is 12.1 Å². The number of benzene rings is 3. The zero-order valence-corrected chi connectivity index (χ0v) is 27.6. The van der Waals surface area contributed by atoms with Crippen molar-refractivity contribution in [3.8, 4) is 28.7 Å². The maximum absolute atomic E-state index is 12.7. The molecule has 0 saturated heterocycles. The highest BCUT2D eigenvalue weighted by molar-refractivity contribution is 6.27. The summed E-state index contributed by atoms with van der Waals surface area (Å²) in [5, 5.41) is 30.7. The third-order valence-electron chi connectivity index (χ3n) is 6.54. The molecular weight excluding hydrogens is 641 g/mol. The Morgan fingerprint density at radius 1 is 0.688 bits per heavy atom. The van der Waals surface area contributed by atoms with Crippen LogP contribution in [0.5, 0.6) is 28.7 Å². The Bertz CT molecular complexity index is 1390. The van der Waals surface area contributed by atoms with Crippen LogP contribution < -0.4 is 34.3 Å². The number of methoxy groups -OCH3 is 4. The van der Waals surface area contributed by atoms with Crippen LogP contribution in [0.3, 0.4) is 0 Å². The third-order valence-corrected chi connectivity index (χ3v) is 6.54. The van der Waals surface area contributed by atoms with E-state index in [-0.39, 0.29) is 6.10 Å². The third kappa shape index (κ3) is 13.9. The lowest BCUT2D eigenvalue weighted by atomic mass is 10.1. The van der Waals surface area contributed by atoms with Crippen LogP contribution in [-0.2, 0) is 15.8 Å². The van der Waals surface area contributed by atoms with Crippen LogP contribution in [0.4, 0.5) is 13.2 Å². The zero-order valence-electron chi connectivity index (χ0n) is 27.6. The first-order valence-corrected chi connectivity index (χ1v) is 14.5. The van der Waals surface area contributed by atoms with Gasteiger partial charge in [0.15, 0.2) is 23.0 Å². The van der Waals surface area contributed by atoms with E-state index in [4.69, 9.17) is 43.5 Å². The molecule has 3 rings (SSSR count). The highest BCUT2D eigenvalue weighted by Gasteiger charge is 2.30. The number of carbonyl (C=O) groups is 2. The molecule has 2 atom stereocenters. The highest BCUT2D eigenvalue weighted by Crippen LogP contribution is 2.35. The molecular formula is C33H43F3N2O10. The molecule has 0 saturated carbocycles. The molecule has 3 aromatic carbocycles. The second-order valence-corrected chi connectivity index (χ2v) is 9.77. The Kier molecular flexibility index (Phi) is 18.2. The lowest BCUT2D eigenvalue weighted by Gasteiger charge is -2.21. The van der Waals surface area contributed by atoms with Crippen LogP contribution in [0.2, 0.25) is 0 Å². The van der Waals surface area contributed by atoms with E-state index in [1.54, 1.807) is 46.6 Å². The van der Waals surface area contributed by atoms with Crippen molar-refractivity contribution in [2.24, 2.45) is 0 Å². The van der Waals surface area contributed by atoms with E-state index in [2.05, 4.69) is 10.6 Å². The fourth-order valence-electron chi connectivity index (χ4n) is 4.02. The lowest BCUT2D eigenvalue weighted by molar-refractivity contribution is -0.159. The molecule has 0 aliphatic rings. The first-order valence-electron chi connectivity index (χ1n) is 14.5. The van der Waals surface area contributed by atoms with Gasteiger partial charge in [-0.3, -0.25) is 0 Å². The maximum Gasteiger partial charge on any atom is 0.416 e. The highest BCUT2D eigenvalue weighted by atomic mass is 19.4. The number of aliphatic hydroxyl groups excluding tert-OH is 1. The smallest absolute Gasteiger partial charge is 0.416 e. The summed E-state index contributed by atoms with van der Waals surface area (Å²) in [5.41, 5.74) is 0.980. The van der Waals surface area contributed by atoms with Crippen LogP contribution in [0.15, 0.2) is 60.7 Å². The van der Waals surface area contributed by atoms with Gasteiger partial charge in [0.25, 0.3) is 0 Å². The quantitative estimate of drug-likeness (QED) is 0.145. The number of hydrogen-bond acceptors (Lipinski definition) is 10. The number of nitrogens with one attached hydrogen (secondary N) is 2. The molecule has 0 aliphatic heterocycles. The molecule has 0 fully saturated rings. The molecule has 0 spiro atoms. The molecule has 48 heavy (non-hydrogen) atoms. The predicted octanol–water partition coefficient (Wildman–Crippen LogP) is 4.95. The SMILES string of the molecule is CNCCC(O)c1ccc(OC)c(OC)c1.CNCCC(Oc1ccc(C(F)(F)F)cc1)c1ccc(OC)c(OC)c1.O=C(O)C(=O)O. The standard InChI is InChI=1S/C19H22F3NO3.C12H19NO3.C2H2O4/c1-23-11-10-16(13-4-9-17(24-2)18(12-13)25-3)26-15-7-5-14(6-8-15)19(20,21)22;1-13-7-6-10(14)9-4-5-11(15-2)12(8-9)16-3;3-1(4)2(5)6/h4-9,12,16,23H,10-11H2,1-3H3;4-5,8,10,13-14H,6-7H2,1-3H3;(H,3,4)(H,5,6). The summed E-state index contributed by atoms with van der Waals surface area (Å²) in [6.07, 6.45) is -3.89. The average Bonchev–Trinajstić information content (AvgIpc) is 3.08. The summed E-state index contributed by atoms with van der Waals surface area (Å²) in [5.74, 6) is -0.803. The molecule has 12 nitrogen and oxygen atoms in total. The molecule has 266 valence electrons. The van der Waals surface area contributed by atoms with E-state index >= 15 is 0 Å². The van der Waals surface area contributed by atoms with Crippen LogP contribution in [-0.4, -0.2) is 82.9 Å². The normalized spacial score (nSPS) is 11.8. The Balaban J connectivity index is 0.000000443. The summed E-state index contributed by atoms with van der Waals surface area (Å²) in [6, 6.07) is 15.6. The average molecular weight is 685 g/mol. The number of aliphatic hydroxyl groups is 1. The minimum atomic E-state index is -4.37. The summed E-state index contributed by atoms with van der Waals surface area (Å²) in [7, 11) is 9.96. The van der Waals surface area contributed by atoms with Gasteiger partial charge in [-0.1, -0.05) is 12.1 Å². The van der Waals surface area contributed by atoms with Crippen LogP contribution >= 0.6 is 0 Å². The van der Waals surface area contributed by atoms with Gasteiger partial charge in [-0.2, -0.15) is 13.2 Å². The zero-order chi connectivity index (χ0) is 36.3. The van der Waals surface area contributed by atoms with E-state index in [0.29, 0.717) is 48.1 Å². The van der Waals surface area contributed by atoms with Gasteiger partial charge in [-0.15, -0.1) is 0 Å². The molecule has 3 aromatic rings. The number of hydrogen-bond donors (Lipinski definition) is 5. The molecule has 2 unspecified atom stereocenters. The fraction of sp³-hybridized carbons (Fsp3) is 0.394. The Labute approximate surface area is 277 Å². The molecule has 0 bridgehead atoms. The van der Waals surface area contributed by atoms with Crippen molar-refractivity contribution in [1.82, 2.24) is 10.6 Å². The second-order valence-electron chi connectivity index (χ2n) is 9.77. The van der Waals surface area contributed by atoms with Gasteiger partial charge >= 0.3 is 18.1 Å². The van der Waals surface area contributed by atoms with Crippen molar-refractivity contribution in [3.63, 3.8) is 0 Å². The summed E-state index contributed by atoms with van der Waals surface area (Å²) < 4.78 is 64.9. The summed E-state index contributed by atoms with van der Waals surface area (Å²) >= 11 is 0. The number of carboxylic acids is 2. The van der Waals surface area contributed by atoms with E-state index in [9.17, 15) is 18.3 Å². The number of carboxylic acid groups (broad SMARTS) is 2. The molecule has 0 radical (unpaired) electrons. The van der Waals surface area contributed by atoms with Crippen molar-refractivity contribution in [2.45, 2.75) is 31.2 Å². The van der Waals surface area contributed by atoms with Crippen molar-refractivity contribution >= 4 is 11.9 Å². The number of rotatable bonds is 14. The van der Waals surface area contributed by atoms with Crippen molar-refractivity contribution < 1.29 is 61.8 Å². The largest absolute Gasteiger partial charge is 0.493 e. The van der Waals surface area contributed by atoms with Crippen molar-refractivity contribution in [3.05, 3.63) is 77.4 Å². The Morgan fingerprint density at radius 3 is 1.54 bits per heavy atom. The van der Waals surface area contributed by atoms with Gasteiger partial charge in [0, 0.05) is 6.42 Å². The molecule has 0 aliphatic carbocycles. The van der Waals surface area contributed by atoms with Crippen LogP contribution in [0.25, 0.3) is 0 Å². The fourth-order valence-corrected chi connectivity index (χ4v) is 4.02. The summed E-state index contributed by atoms with van der Waals surface area (Å²) in [6.45, 7) is 1.45. The van der Waals surface area contributed by atoms with Gasteiger partial charge in [-0.25, -0.2) is 9.59 Å². The maximum atomic E-state index is 12.7. The summed E-state index contributed by atoms with van der Waals surface area (Å²) in [4.78, 5) is 18.2. The monoisotopic (exact) mass is 684 g/mol. The minimum absolute atomic E-state index is 0.348. The Hall–Kier alpha value is -4.73. The number of ether oxygens (including phenoxy) is 5. The van der Waals surface area contributed by atoms with Gasteiger partial charge in [-0.05, 0) is 93.3 Å². The van der Waals surface area contributed by atoms with Crippen molar-refractivity contribution in [1.29, 1.82) is 0 Å². The van der Waals surface area contributed by atoms with Gasteiger partial charge in [0.2, 0.25) is 0 Å². The van der Waals surface area contributed by atoms with Gasteiger partial charge in [0.1, 0.15) is 11.9 Å². The first kappa shape index (κ1) is 41.3. The van der Waals surface area contributed by atoms with Gasteiger partial charge < -0.3 is 49.6 Å². The van der Waals surface area contributed by atoms with Crippen LogP contribution in [0.1, 0.15) is 41.7 Å². The first-order chi connectivity index (χ1) is 22.7. The number of alkyl halides is 3. The van der Waals surface area contributed by atoms with Gasteiger partial charge in [0.05, 0.1) is 40.1 Å². The number of aliphatic carboxylic acids is 2. The number of halogens is 3. The molecule has 5 N–H and O–H groups in total. The minimum Gasteiger partial charge on any atom is -0.493 e.